The molecular weight excluding hydrogens is 236 g/mol. The topological polar surface area (TPSA) is 32.3 Å². The SMILES string of the molecule is CC1NCCC1C(=O)N(Cc1ccccc1)C(C)C. The van der Waals surface area contributed by atoms with Crippen molar-refractivity contribution < 1.29 is 4.79 Å². The molecule has 2 unspecified atom stereocenters. The zero-order valence-corrected chi connectivity index (χ0v) is 12.1. The van der Waals surface area contributed by atoms with Crippen molar-refractivity contribution in [3.8, 4) is 0 Å². The summed E-state index contributed by atoms with van der Waals surface area (Å²) < 4.78 is 0. The lowest BCUT2D eigenvalue weighted by Crippen LogP contribution is -2.43. The maximum atomic E-state index is 12.7. The van der Waals surface area contributed by atoms with Gasteiger partial charge in [0.1, 0.15) is 0 Å². The van der Waals surface area contributed by atoms with Crippen LogP contribution in [-0.2, 0) is 11.3 Å². The molecule has 1 N–H and O–H groups in total. The fourth-order valence-corrected chi connectivity index (χ4v) is 2.70. The summed E-state index contributed by atoms with van der Waals surface area (Å²) in [6.07, 6.45) is 0.956. The van der Waals surface area contributed by atoms with Crippen molar-refractivity contribution >= 4 is 5.91 Å². The number of amides is 1. The van der Waals surface area contributed by atoms with E-state index in [0.29, 0.717) is 12.6 Å². The molecule has 0 bridgehead atoms. The van der Waals surface area contributed by atoms with Crippen LogP contribution >= 0.6 is 0 Å². The van der Waals surface area contributed by atoms with Gasteiger partial charge in [0.05, 0.1) is 5.92 Å². The Labute approximate surface area is 116 Å². The van der Waals surface area contributed by atoms with E-state index in [1.807, 2.05) is 23.1 Å². The van der Waals surface area contributed by atoms with E-state index in [4.69, 9.17) is 0 Å². The molecule has 1 fully saturated rings. The van der Waals surface area contributed by atoms with E-state index in [-0.39, 0.29) is 17.9 Å². The van der Waals surface area contributed by atoms with Crippen LogP contribution in [0.4, 0.5) is 0 Å². The normalized spacial score (nSPS) is 22.7. The Kier molecular flexibility index (Phi) is 4.59. The smallest absolute Gasteiger partial charge is 0.227 e. The van der Waals surface area contributed by atoms with Gasteiger partial charge in [-0.3, -0.25) is 4.79 Å². The third-order valence-electron chi connectivity index (χ3n) is 3.94. The first kappa shape index (κ1) is 14.1. The van der Waals surface area contributed by atoms with Crippen LogP contribution in [0.1, 0.15) is 32.8 Å². The predicted molar refractivity (Wildman–Crippen MR) is 77.7 cm³/mol. The standard InChI is InChI=1S/C16H24N2O/c1-12(2)18(11-14-7-5-4-6-8-14)16(19)15-9-10-17-13(15)3/h4-8,12-13,15,17H,9-11H2,1-3H3. The molecule has 1 aromatic rings. The molecule has 1 saturated heterocycles. The zero-order valence-electron chi connectivity index (χ0n) is 12.1. The molecule has 104 valence electrons. The molecular formula is C16H24N2O. The summed E-state index contributed by atoms with van der Waals surface area (Å²) >= 11 is 0. The van der Waals surface area contributed by atoms with Crippen LogP contribution in [0.25, 0.3) is 0 Å². The molecule has 1 aliphatic rings. The molecule has 1 amide bonds. The number of hydrogen-bond donors (Lipinski definition) is 1. The van der Waals surface area contributed by atoms with Crippen LogP contribution in [0.2, 0.25) is 0 Å². The van der Waals surface area contributed by atoms with Gasteiger partial charge in [-0.2, -0.15) is 0 Å². The molecule has 19 heavy (non-hydrogen) atoms. The number of nitrogens with zero attached hydrogens (tertiary/aromatic N) is 1. The van der Waals surface area contributed by atoms with Crippen molar-refractivity contribution in [3.05, 3.63) is 35.9 Å². The van der Waals surface area contributed by atoms with E-state index in [1.165, 1.54) is 5.56 Å². The van der Waals surface area contributed by atoms with E-state index in [2.05, 4.69) is 38.2 Å². The van der Waals surface area contributed by atoms with Gasteiger partial charge in [-0.15, -0.1) is 0 Å². The summed E-state index contributed by atoms with van der Waals surface area (Å²) in [5, 5.41) is 3.36. The van der Waals surface area contributed by atoms with Gasteiger partial charge in [-0.1, -0.05) is 30.3 Å². The summed E-state index contributed by atoms with van der Waals surface area (Å²) in [5.74, 6) is 0.419. The van der Waals surface area contributed by atoms with Gasteiger partial charge < -0.3 is 10.2 Å². The highest BCUT2D eigenvalue weighted by Crippen LogP contribution is 2.21. The van der Waals surface area contributed by atoms with Gasteiger partial charge in [0, 0.05) is 18.6 Å². The molecule has 1 heterocycles. The van der Waals surface area contributed by atoms with Crippen molar-refractivity contribution in [3.63, 3.8) is 0 Å². The molecule has 3 nitrogen and oxygen atoms in total. The monoisotopic (exact) mass is 260 g/mol. The number of hydrogen-bond acceptors (Lipinski definition) is 2. The maximum Gasteiger partial charge on any atom is 0.227 e. The lowest BCUT2D eigenvalue weighted by Gasteiger charge is -2.30. The molecule has 0 aromatic heterocycles. The van der Waals surface area contributed by atoms with E-state index in [0.717, 1.165) is 13.0 Å². The van der Waals surface area contributed by atoms with E-state index < -0.39 is 0 Å². The number of carbonyl (C=O) groups is 1. The summed E-state index contributed by atoms with van der Waals surface area (Å²) in [6.45, 7) is 7.95. The summed E-state index contributed by atoms with van der Waals surface area (Å²) in [4.78, 5) is 14.7. The average Bonchev–Trinajstić information content (AvgIpc) is 2.82. The third kappa shape index (κ3) is 3.35. The second-order valence-electron chi connectivity index (χ2n) is 5.68. The van der Waals surface area contributed by atoms with Crippen molar-refractivity contribution in [2.45, 2.75) is 45.8 Å². The van der Waals surface area contributed by atoms with Crippen molar-refractivity contribution in [1.29, 1.82) is 0 Å². The van der Waals surface area contributed by atoms with Crippen LogP contribution in [0, 0.1) is 5.92 Å². The molecule has 0 saturated carbocycles. The van der Waals surface area contributed by atoms with E-state index >= 15 is 0 Å². The lowest BCUT2D eigenvalue weighted by molar-refractivity contribution is -0.138. The molecule has 2 atom stereocenters. The Bertz CT molecular complexity index is 416. The fourth-order valence-electron chi connectivity index (χ4n) is 2.70. The Morgan fingerprint density at radius 3 is 2.58 bits per heavy atom. The van der Waals surface area contributed by atoms with Crippen molar-refractivity contribution in [2.75, 3.05) is 6.54 Å². The molecule has 0 spiro atoms. The lowest BCUT2D eigenvalue weighted by atomic mass is 9.99. The van der Waals surface area contributed by atoms with Gasteiger partial charge in [0.25, 0.3) is 0 Å². The average molecular weight is 260 g/mol. The fraction of sp³-hybridized carbons (Fsp3) is 0.562. The minimum atomic E-state index is 0.131. The van der Waals surface area contributed by atoms with E-state index in [9.17, 15) is 4.79 Å². The Morgan fingerprint density at radius 2 is 2.05 bits per heavy atom. The first-order chi connectivity index (χ1) is 9.09. The third-order valence-corrected chi connectivity index (χ3v) is 3.94. The van der Waals surface area contributed by atoms with E-state index in [1.54, 1.807) is 0 Å². The second kappa shape index (κ2) is 6.20. The summed E-state index contributed by atoms with van der Waals surface area (Å²) in [5.41, 5.74) is 1.20. The molecule has 1 aliphatic heterocycles. The minimum absolute atomic E-state index is 0.131. The van der Waals surface area contributed by atoms with Gasteiger partial charge in [-0.25, -0.2) is 0 Å². The molecule has 0 aliphatic carbocycles. The Hall–Kier alpha value is -1.35. The first-order valence-electron chi connectivity index (χ1n) is 7.17. The van der Waals surface area contributed by atoms with Crippen molar-refractivity contribution in [1.82, 2.24) is 10.2 Å². The highest BCUT2D eigenvalue weighted by atomic mass is 16.2. The number of benzene rings is 1. The zero-order chi connectivity index (χ0) is 13.8. The predicted octanol–water partition coefficient (Wildman–Crippen LogP) is 2.42. The Balaban J connectivity index is 2.09. The number of carbonyl (C=O) groups excluding carboxylic acids is 1. The maximum absolute atomic E-state index is 12.7. The first-order valence-corrected chi connectivity index (χ1v) is 7.17. The summed E-state index contributed by atoms with van der Waals surface area (Å²) in [6, 6.07) is 10.8. The van der Waals surface area contributed by atoms with Crippen LogP contribution in [0.15, 0.2) is 30.3 Å². The highest BCUT2D eigenvalue weighted by Gasteiger charge is 2.33. The van der Waals surface area contributed by atoms with Crippen molar-refractivity contribution in [2.24, 2.45) is 5.92 Å². The van der Waals surface area contributed by atoms with Crippen LogP contribution < -0.4 is 5.32 Å². The Morgan fingerprint density at radius 1 is 1.37 bits per heavy atom. The highest BCUT2D eigenvalue weighted by molar-refractivity contribution is 5.80. The van der Waals surface area contributed by atoms with Crippen LogP contribution in [0.3, 0.4) is 0 Å². The number of rotatable bonds is 4. The van der Waals surface area contributed by atoms with Crippen LogP contribution in [-0.4, -0.2) is 29.4 Å². The largest absolute Gasteiger partial charge is 0.336 e. The van der Waals surface area contributed by atoms with Gasteiger partial charge >= 0.3 is 0 Å². The second-order valence-corrected chi connectivity index (χ2v) is 5.68. The van der Waals surface area contributed by atoms with Gasteiger partial charge in [-0.05, 0) is 39.3 Å². The minimum Gasteiger partial charge on any atom is -0.336 e. The molecule has 1 aromatic carbocycles. The summed E-state index contributed by atoms with van der Waals surface area (Å²) in [7, 11) is 0. The van der Waals surface area contributed by atoms with Gasteiger partial charge in [0.15, 0.2) is 0 Å². The van der Waals surface area contributed by atoms with Crippen LogP contribution in [0.5, 0.6) is 0 Å². The molecule has 3 heteroatoms. The quantitative estimate of drug-likeness (QED) is 0.901. The number of nitrogens with one attached hydrogen (secondary N) is 1. The molecule has 2 rings (SSSR count). The molecule has 0 radical (unpaired) electrons. The van der Waals surface area contributed by atoms with Gasteiger partial charge in [0.2, 0.25) is 5.91 Å².